The van der Waals surface area contributed by atoms with Gasteiger partial charge in [-0.2, -0.15) is 0 Å². The number of benzene rings is 1. The Kier molecular flexibility index (Phi) is 5.37. The summed E-state index contributed by atoms with van der Waals surface area (Å²) >= 11 is 0. The second-order valence-electron chi connectivity index (χ2n) is 4.98. The van der Waals surface area contributed by atoms with Gasteiger partial charge in [0.25, 0.3) is 5.91 Å². The van der Waals surface area contributed by atoms with Crippen molar-refractivity contribution in [1.82, 2.24) is 20.2 Å². The Balaban J connectivity index is 2.00. The van der Waals surface area contributed by atoms with Crippen LogP contribution >= 0.6 is 0 Å². The van der Waals surface area contributed by atoms with E-state index in [1.807, 2.05) is 19.0 Å². The molecule has 116 valence electrons. The molecule has 2 aromatic rings. The number of carbonyl (C=O) groups excluding carboxylic acids is 1. The number of nitrogens with one attached hydrogen (secondary N) is 2. The number of likely N-dealkylation sites (N-methyl/N-ethyl adjacent to an activating group) is 1. The van der Waals surface area contributed by atoms with Crippen LogP contribution in [0.2, 0.25) is 0 Å². The number of anilines is 2. The molecule has 0 saturated heterocycles. The van der Waals surface area contributed by atoms with Crippen molar-refractivity contribution in [3.8, 4) is 0 Å². The van der Waals surface area contributed by atoms with E-state index in [1.165, 1.54) is 18.5 Å². The molecular formula is C15H18FN5O. The van der Waals surface area contributed by atoms with Crippen molar-refractivity contribution >= 4 is 17.4 Å². The van der Waals surface area contributed by atoms with Gasteiger partial charge >= 0.3 is 0 Å². The second-order valence-corrected chi connectivity index (χ2v) is 4.98. The van der Waals surface area contributed by atoms with Crippen LogP contribution in [0.1, 0.15) is 10.5 Å². The fourth-order valence-electron chi connectivity index (χ4n) is 1.71. The van der Waals surface area contributed by atoms with Gasteiger partial charge < -0.3 is 15.5 Å². The third-order valence-corrected chi connectivity index (χ3v) is 2.86. The molecule has 0 unspecified atom stereocenters. The zero-order valence-electron chi connectivity index (χ0n) is 12.5. The quantitative estimate of drug-likeness (QED) is 0.849. The van der Waals surface area contributed by atoms with Crippen molar-refractivity contribution in [2.45, 2.75) is 0 Å². The van der Waals surface area contributed by atoms with Crippen molar-refractivity contribution in [2.24, 2.45) is 0 Å². The van der Waals surface area contributed by atoms with Crippen LogP contribution in [-0.2, 0) is 0 Å². The van der Waals surface area contributed by atoms with E-state index in [-0.39, 0.29) is 17.4 Å². The lowest BCUT2D eigenvalue weighted by molar-refractivity contribution is 0.0946. The first-order chi connectivity index (χ1) is 10.5. The van der Waals surface area contributed by atoms with E-state index in [0.29, 0.717) is 18.1 Å². The average Bonchev–Trinajstić information content (AvgIpc) is 2.49. The molecule has 0 spiro atoms. The lowest BCUT2D eigenvalue weighted by Gasteiger charge is -2.10. The van der Waals surface area contributed by atoms with E-state index < -0.39 is 0 Å². The van der Waals surface area contributed by atoms with Gasteiger partial charge in [0.05, 0.1) is 0 Å². The standard InChI is InChI=1S/C15H18FN5O/c1-21(2)8-7-17-15(22)13-9-14(19-10-18-13)20-12-5-3-11(16)4-6-12/h3-6,9-10H,7-8H2,1-2H3,(H,17,22)(H,18,19,20). The van der Waals surface area contributed by atoms with Crippen LogP contribution in [0.25, 0.3) is 0 Å². The monoisotopic (exact) mass is 303 g/mol. The number of hydrogen-bond acceptors (Lipinski definition) is 5. The highest BCUT2D eigenvalue weighted by atomic mass is 19.1. The minimum Gasteiger partial charge on any atom is -0.349 e. The van der Waals surface area contributed by atoms with E-state index >= 15 is 0 Å². The van der Waals surface area contributed by atoms with Crippen molar-refractivity contribution in [1.29, 1.82) is 0 Å². The van der Waals surface area contributed by atoms with E-state index in [0.717, 1.165) is 6.54 Å². The summed E-state index contributed by atoms with van der Waals surface area (Å²) in [6.07, 6.45) is 1.31. The fourth-order valence-corrected chi connectivity index (χ4v) is 1.71. The largest absolute Gasteiger partial charge is 0.349 e. The van der Waals surface area contributed by atoms with Gasteiger partial charge in [-0.3, -0.25) is 4.79 Å². The molecule has 0 atom stereocenters. The highest BCUT2D eigenvalue weighted by Crippen LogP contribution is 2.14. The molecule has 2 N–H and O–H groups in total. The smallest absolute Gasteiger partial charge is 0.270 e. The molecule has 1 heterocycles. The SMILES string of the molecule is CN(C)CCNC(=O)c1cc(Nc2ccc(F)cc2)ncn1. The van der Waals surface area contributed by atoms with E-state index in [4.69, 9.17) is 0 Å². The third kappa shape index (κ3) is 4.78. The van der Waals surface area contributed by atoms with Gasteiger partial charge in [-0.25, -0.2) is 14.4 Å². The van der Waals surface area contributed by atoms with E-state index in [9.17, 15) is 9.18 Å². The Morgan fingerprint density at radius 2 is 1.95 bits per heavy atom. The Morgan fingerprint density at radius 3 is 2.64 bits per heavy atom. The van der Waals surface area contributed by atoms with Gasteiger partial charge in [0.1, 0.15) is 23.7 Å². The average molecular weight is 303 g/mol. The lowest BCUT2D eigenvalue weighted by atomic mass is 10.3. The number of amides is 1. The van der Waals surface area contributed by atoms with Crippen LogP contribution in [0, 0.1) is 5.82 Å². The van der Waals surface area contributed by atoms with Crippen LogP contribution in [-0.4, -0.2) is 48.0 Å². The predicted molar refractivity (Wildman–Crippen MR) is 82.6 cm³/mol. The summed E-state index contributed by atoms with van der Waals surface area (Å²) in [7, 11) is 3.86. The molecule has 6 nitrogen and oxygen atoms in total. The minimum absolute atomic E-state index is 0.258. The normalized spacial score (nSPS) is 10.5. The molecule has 1 aromatic heterocycles. The highest BCUT2D eigenvalue weighted by Gasteiger charge is 2.08. The van der Waals surface area contributed by atoms with Gasteiger partial charge in [-0.05, 0) is 38.4 Å². The highest BCUT2D eigenvalue weighted by molar-refractivity contribution is 5.92. The summed E-state index contributed by atoms with van der Waals surface area (Å²) in [5.74, 6) is -0.0972. The van der Waals surface area contributed by atoms with Crippen LogP contribution in [0.15, 0.2) is 36.7 Å². The summed E-state index contributed by atoms with van der Waals surface area (Å²) in [6.45, 7) is 1.29. The molecule has 22 heavy (non-hydrogen) atoms. The Bertz CT molecular complexity index is 630. The molecule has 0 aliphatic rings. The predicted octanol–water partition coefficient (Wildman–Crippen LogP) is 1.65. The lowest BCUT2D eigenvalue weighted by Crippen LogP contribution is -2.31. The molecular weight excluding hydrogens is 285 g/mol. The number of nitrogens with zero attached hydrogens (tertiary/aromatic N) is 3. The topological polar surface area (TPSA) is 70.2 Å². The number of rotatable bonds is 6. The number of aromatic nitrogens is 2. The van der Waals surface area contributed by atoms with Crippen molar-refractivity contribution in [3.05, 3.63) is 48.2 Å². The molecule has 0 aliphatic heterocycles. The van der Waals surface area contributed by atoms with Crippen LogP contribution < -0.4 is 10.6 Å². The molecule has 1 aromatic carbocycles. The molecule has 1 amide bonds. The van der Waals surface area contributed by atoms with Crippen LogP contribution in [0.4, 0.5) is 15.9 Å². The van der Waals surface area contributed by atoms with Crippen LogP contribution in [0.5, 0.6) is 0 Å². The molecule has 0 radical (unpaired) electrons. The van der Waals surface area contributed by atoms with Gasteiger partial charge in [0, 0.05) is 24.8 Å². The summed E-state index contributed by atoms with van der Waals surface area (Å²) in [5.41, 5.74) is 0.956. The zero-order valence-corrected chi connectivity index (χ0v) is 12.5. The second kappa shape index (κ2) is 7.46. The van der Waals surface area contributed by atoms with Gasteiger partial charge in [-0.15, -0.1) is 0 Å². The first-order valence-corrected chi connectivity index (χ1v) is 6.82. The maximum Gasteiger partial charge on any atom is 0.270 e. The zero-order chi connectivity index (χ0) is 15.9. The van der Waals surface area contributed by atoms with Crippen molar-refractivity contribution in [2.75, 3.05) is 32.5 Å². The van der Waals surface area contributed by atoms with Gasteiger partial charge in [0.15, 0.2) is 0 Å². The molecule has 0 bridgehead atoms. The molecule has 2 rings (SSSR count). The molecule has 7 heteroatoms. The Hall–Kier alpha value is -2.54. The van der Waals surface area contributed by atoms with Gasteiger partial charge in [-0.1, -0.05) is 0 Å². The van der Waals surface area contributed by atoms with Crippen molar-refractivity contribution < 1.29 is 9.18 Å². The molecule has 0 fully saturated rings. The van der Waals surface area contributed by atoms with Crippen LogP contribution in [0.3, 0.4) is 0 Å². The third-order valence-electron chi connectivity index (χ3n) is 2.86. The molecule has 0 saturated carbocycles. The van der Waals surface area contributed by atoms with Crippen molar-refractivity contribution in [3.63, 3.8) is 0 Å². The summed E-state index contributed by atoms with van der Waals surface area (Å²) in [6, 6.07) is 7.42. The fraction of sp³-hybridized carbons (Fsp3) is 0.267. The first kappa shape index (κ1) is 15.8. The maximum absolute atomic E-state index is 12.9. The summed E-state index contributed by atoms with van der Waals surface area (Å²) in [4.78, 5) is 22.0. The number of hydrogen-bond donors (Lipinski definition) is 2. The van der Waals surface area contributed by atoms with E-state index in [1.54, 1.807) is 18.2 Å². The number of halogens is 1. The minimum atomic E-state index is -0.311. The maximum atomic E-state index is 12.9. The van der Waals surface area contributed by atoms with Gasteiger partial charge in [0.2, 0.25) is 0 Å². The summed E-state index contributed by atoms with van der Waals surface area (Å²) in [5, 5.41) is 5.78. The Morgan fingerprint density at radius 1 is 1.23 bits per heavy atom. The first-order valence-electron chi connectivity index (χ1n) is 6.82. The summed E-state index contributed by atoms with van der Waals surface area (Å²) < 4.78 is 12.9. The Labute approximate surface area is 128 Å². The number of carbonyl (C=O) groups is 1. The van der Waals surface area contributed by atoms with E-state index in [2.05, 4.69) is 20.6 Å². The molecule has 0 aliphatic carbocycles.